The zero-order valence-electron chi connectivity index (χ0n) is 34.9. The van der Waals surface area contributed by atoms with Crippen LogP contribution in [0.1, 0.15) is 11.1 Å². The average molecular weight is 976 g/mol. The molecule has 0 unspecified atom stereocenters. The largest absolute Gasteiger partial charge is 1.00 e. The number of nitrogens with one attached hydrogen (secondary N) is 3. The molecule has 2 aromatic heterocycles. The second-order valence-electron chi connectivity index (χ2n) is 12.0. The average Bonchev–Trinajstić information content (AvgIpc) is 3.22. The van der Waals surface area contributed by atoms with E-state index in [1.807, 2.05) is 0 Å². The number of aromatic nitrogens is 6. The second-order valence-corrected chi connectivity index (χ2v) is 14.7. The van der Waals surface area contributed by atoms with Gasteiger partial charge in [0.25, 0.3) is 0 Å². The van der Waals surface area contributed by atoms with Crippen LogP contribution in [0.25, 0.3) is 12.2 Å². The van der Waals surface area contributed by atoms with Crippen molar-refractivity contribution in [3.63, 3.8) is 0 Å². The number of hydrogen-bond donors (Lipinski definition) is 9. The summed E-state index contributed by atoms with van der Waals surface area (Å²) in [6.45, 7) is 0.540. The van der Waals surface area contributed by atoms with Crippen molar-refractivity contribution >= 4 is 67.6 Å². The minimum Gasteiger partial charge on any atom is -0.744 e. The maximum Gasteiger partial charge on any atom is 1.00 e. The van der Waals surface area contributed by atoms with Crippen LogP contribution in [0.15, 0.2) is 46.2 Å². The molecule has 0 aliphatic rings. The fraction of sp³-hybridized carbons (Fsp3) is 0.412. The van der Waals surface area contributed by atoms with Gasteiger partial charge in [0.05, 0.1) is 63.7 Å². The summed E-state index contributed by atoms with van der Waals surface area (Å²) >= 11 is 0. The number of hydrogen-bond acceptors (Lipinski definition) is 25. The minimum atomic E-state index is -5.14. The molecule has 0 spiro atoms. The SMILES string of the molecule is COc1nc(Nc2ccc(/C=C/c3ccc(Nc4nc(OC)nc(N(CCO)CCO)n4)cc3S(=O)(=O)[O-])c(S(=O)(=O)[O-])c2)nc(N(CCO)CCO)n1.OCCNCCO.[K+].[K+]. The van der Waals surface area contributed by atoms with Crippen LogP contribution in [0.3, 0.4) is 0 Å². The molecule has 0 aliphatic heterocycles. The number of methoxy groups -OCH3 is 2. The Morgan fingerprint density at radius 2 is 0.921 bits per heavy atom. The summed E-state index contributed by atoms with van der Waals surface area (Å²) < 4.78 is 84.3. The molecule has 0 bridgehead atoms. The maximum atomic E-state index is 12.3. The van der Waals surface area contributed by atoms with E-state index < -0.39 is 30.0 Å². The molecule has 0 fully saturated rings. The summed E-state index contributed by atoms with van der Waals surface area (Å²) in [7, 11) is -7.69. The third-order valence-electron chi connectivity index (χ3n) is 7.71. The molecule has 0 atom stereocenters. The van der Waals surface area contributed by atoms with Crippen molar-refractivity contribution in [1.82, 2.24) is 35.2 Å². The summed E-state index contributed by atoms with van der Waals surface area (Å²) in [5.41, 5.74) is -0.219. The first kappa shape index (κ1) is 58.8. The number of rotatable bonds is 24. The standard InChI is InChI=1S/C30H38N10O12S2.C4H11NO2.2K/c1-51-29-35-25(33-27(37-29)39(9-13-41)10-14-42)31-21-7-5-19(23(17-21)53(45,46)47)3-4-20-6-8-22(18-24(20)54(48,49)50)32-26-34-28(38-30(36-26)52-2)40(11-15-43)12-16-44;6-3-1-5-2-4-7;;/h3-8,17-18,41-44H,9-16H2,1-2H3,(H,45,46,47)(H,48,49,50)(H,31,33,35,37)(H,32,34,36,38);5-7H,1-4H2;;/q;;2*+1/p-2/b4-3+;;;. The van der Waals surface area contributed by atoms with Gasteiger partial charge < -0.3 is 75.0 Å². The smallest absolute Gasteiger partial charge is 0.744 e. The molecule has 0 saturated heterocycles. The molecule has 0 radical (unpaired) electrons. The predicted molar refractivity (Wildman–Crippen MR) is 217 cm³/mol. The number of benzene rings is 2. The Kier molecular flexibility index (Phi) is 28.2. The van der Waals surface area contributed by atoms with Gasteiger partial charge in [-0.2, -0.15) is 29.9 Å². The van der Waals surface area contributed by atoms with E-state index >= 15 is 0 Å². The van der Waals surface area contributed by atoms with Crippen molar-refractivity contribution < 1.29 is 169 Å². The van der Waals surface area contributed by atoms with Crippen molar-refractivity contribution in [2.45, 2.75) is 9.79 Å². The summed E-state index contributed by atoms with van der Waals surface area (Å²) in [6, 6.07) is 6.94. The first-order valence-corrected chi connectivity index (χ1v) is 20.8. The van der Waals surface area contributed by atoms with E-state index in [4.69, 9.17) is 19.7 Å². The molecular weight excluding hydrogens is 929 g/mol. The van der Waals surface area contributed by atoms with Crippen LogP contribution < -0.4 is 138 Å². The molecule has 0 aliphatic carbocycles. The van der Waals surface area contributed by atoms with Crippen molar-refractivity contribution in [3.05, 3.63) is 47.5 Å². The quantitative estimate of drug-likeness (QED) is 0.0136. The molecule has 9 N–H and O–H groups in total. The molecule has 0 amide bonds. The summed E-state index contributed by atoms with van der Waals surface area (Å²) in [4.78, 5) is 26.2. The first-order chi connectivity index (χ1) is 29.1. The normalized spacial score (nSPS) is 11.1. The van der Waals surface area contributed by atoms with Crippen LogP contribution in [-0.4, -0.2) is 180 Å². The van der Waals surface area contributed by atoms with E-state index in [9.17, 15) is 46.4 Å². The second kappa shape index (κ2) is 30.2. The van der Waals surface area contributed by atoms with E-state index in [-0.39, 0.29) is 227 Å². The van der Waals surface area contributed by atoms with Gasteiger partial charge in [-0.05, 0) is 35.4 Å². The molecule has 25 nitrogen and oxygen atoms in total. The van der Waals surface area contributed by atoms with Gasteiger partial charge in [0.1, 0.15) is 20.2 Å². The zero-order chi connectivity index (χ0) is 45.0. The molecule has 29 heteroatoms. The van der Waals surface area contributed by atoms with Crippen LogP contribution >= 0.6 is 0 Å². The maximum absolute atomic E-state index is 12.3. The fourth-order valence-electron chi connectivity index (χ4n) is 5.03. The first-order valence-electron chi connectivity index (χ1n) is 18.0. The Labute approximate surface area is 448 Å². The minimum absolute atomic E-state index is 0. The van der Waals surface area contributed by atoms with Crippen molar-refractivity contribution in [2.24, 2.45) is 0 Å². The topological polar surface area (TPSA) is 374 Å². The Morgan fingerprint density at radius 3 is 1.21 bits per heavy atom. The fourth-order valence-corrected chi connectivity index (χ4v) is 6.42. The Bertz CT molecular complexity index is 2100. The third kappa shape index (κ3) is 19.7. The molecule has 2 aromatic carbocycles. The summed E-state index contributed by atoms with van der Waals surface area (Å²) in [5, 5.41) is 62.2. The molecular formula is C34H47K2N11O14S2. The monoisotopic (exact) mass is 975 g/mol. The molecule has 0 saturated carbocycles. The van der Waals surface area contributed by atoms with Crippen LogP contribution in [0.5, 0.6) is 12.0 Å². The third-order valence-corrected chi connectivity index (χ3v) is 9.50. The number of aliphatic hydroxyl groups excluding tert-OH is 6. The summed E-state index contributed by atoms with van der Waals surface area (Å²) in [6.07, 6.45) is 2.27. The number of ether oxygens (including phenoxy) is 2. The van der Waals surface area contributed by atoms with Gasteiger partial charge in [-0.3, -0.25) is 0 Å². The van der Waals surface area contributed by atoms with Crippen LogP contribution in [0, 0.1) is 0 Å². The van der Waals surface area contributed by atoms with Gasteiger partial charge in [0.2, 0.25) is 23.8 Å². The van der Waals surface area contributed by atoms with Gasteiger partial charge in [-0.15, -0.1) is 0 Å². The Balaban J connectivity index is 0.00000203. The van der Waals surface area contributed by atoms with E-state index in [0.29, 0.717) is 13.1 Å². The van der Waals surface area contributed by atoms with Crippen molar-refractivity contribution in [3.8, 4) is 12.0 Å². The van der Waals surface area contributed by atoms with Crippen molar-refractivity contribution in [1.29, 1.82) is 0 Å². The Morgan fingerprint density at radius 1 is 0.571 bits per heavy atom. The molecule has 336 valence electrons. The van der Waals surface area contributed by atoms with Crippen molar-refractivity contribution in [2.75, 3.05) is 114 Å². The van der Waals surface area contributed by atoms with Gasteiger partial charge >= 0.3 is 115 Å². The van der Waals surface area contributed by atoms with Gasteiger partial charge in [0.15, 0.2) is 0 Å². The molecule has 2 heterocycles. The van der Waals surface area contributed by atoms with Crippen LogP contribution in [0.4, 0.5) is 35.2 Å². The van der Waals surface area contributed by atoms with E-state index in [0.717, 1.165) is 24.3 Å². The van der Waals surface area contributed by atoms with E-state index in [2.05, 4.69) is 45.9 Å². The van der Waals surface area contributed by atoms with Gasteiger partial charge in [-0.25, -0.2) is 16.8 Å². The molecule has 63 heavy (non-hydrogen) atoms. The predicted octanol–water partition coefficient (Wildman–Crippen LogP) is -8.31. The summed E-state index contributed by atoms with van der Waals surface area (Å²) in [5.74, 6) is -0.216. The van der Waals surface area contributed by atoms with Gasteiger partial charge in [-0.1, -0.05) is 24.3 Å². The molecule has 4 rings (SSSR count). The molecule has 4 aromatic rings. The zero-order valence-corrected chi connectivity index (χ0v) is 42.8. The number of aliphatic hydroxyl groups is 6. The number of anilines is 6. The van der Waals surface area contributed by atoms with Crippen LogP contribution in [0.2, 0.25) is 0 Å². The number of nitrogens with zero attached hydrogens (tertiary/aromatic N) is 8. The van der Waals surface area contributed by atoms with Crippen LogP contribution in [-0.2, 0) is 20.2 Å². The van der Waals surface area contributed by atoms with E-state index in [1.54, 1.807) is 0 Å². The van der Waals surface area contributed by atoms with Gasteiger partial charge in [0, 0.05) is 50.6 Å². The van der Waals surface area contributed by atoms with E-state index in [1.165, 1.54) is 48.3 Å². The Hall–Kier alpha value is -2.19.